The maximum atomic E-state index is 5.59. The molecule has 0 aliphatic heterocycles. The van der Waals surface area contributed by atoms with Gasteiger partial charge in [0.25, 0.3) is 0 Å². The van der Waals surface area contributed by atoms with Gasteiger partial charge >= 0.3 is 0 Å². The molecule has 1 heterocycles. The van der Waals surface area contributed by atoms with E-state index in [9.17, 15) is 0 Å². The second kappa shape index (κ2) is 7.36. The van der Waals surface area contributed by atoms with Crippen LogP contribution in [0.3, 0.4) is 0 Å². The van der Waals surface area contributed by atoms with E-state index in [1.807, 2.05) is 0 Å². The molecule has 0 amide bonds. The summed E-state index contributed by atoms with van der Waals surface area (Å²) in [5, 5.41) is 4.54. The van der Waals surface area contributed by atoms with Crippen molar-refractivity contribution in [1.29, 1.82) is 0 Å². The van der Waals surface area contributed by atoms with Gasteiger partial charge in [0.15, 0.2) is 0 Å². The molecule has 0 radical (unpaired) electrons. The van der Waals surface area contributed by atoms with Crippen molar-refractivity contribution in [2.45, 2.75) is 65.5 Å². The van der Waals surface area contributed by atoms with Crippen molar-refractivity contribution >= 4 is 11.3 Å². The first kappa shape index (κ1) is 16.6. The summed E-state index contributed by atoms with van der Waals surface area (Å²) in [5.74, 6) is 0. The van der Waals surface area contributed by atoms with Crippen molar-refractivity contribution in [3.63, 3.8) is 0 Å². The number of rotatable bonds is 7. The van der Waals surface area contributed by atoms with Gasteiger partial charge in [0.1, 0.15) is 11.1 Å². The first-order chi connectivity index (χ1) is 8.93. The highest BCUT2D eigenvalue weighted by Crippen LogP contribution is 2.34. The Bertz CT molecular complexity index is 382. The molecule has 0 aromatic carbocycles. The van der Waals surface area contributed by atoms with Crippen molar-refractivity contribution in [1.82, 2.24) is 10.3 Å². The normalized spacial score (nSPS) is 13.8. The van der Waals surface area contributed by atoms with Crippen molar-refractivity contribution in [2.75, 3.05) is 13.7 Å². The topological polar surface area (TPSA) is 34.1 Å². The predicted octanol–water partition coefficient (Wildman–Crippen LogP) is 4.04. The second-order valence-electron chi connectivity index (χ2n) is 5.87. The summed E-state index contributed by atoms with van der Waals surface area (Å²) in [4.78, 5) is 6.23. The molecule has 0 aliphatic rings. The third-order valence-corrected chi connectivity index (χ3v) is 4.22. The number of nitrogens with zero attached hydrogens (tertiary/aromatic N) is 1. The largest absolute Gasteiger partial charge is 0.374 e. The van der Waals surface area contributed by atoms with Gasteiger partial charge in [-0.1, -0.05) is 41.0 Å². The van der Waals surface area contributed by atoms with Crippen molar-refractivity contribution < 1.29 is 4.74 Å². The van der Waals surface area contributed by atoms with Crippen LogP contribution < -0.4 is 5.32 Å². The van der Waals surface area contributed by atoms with E-state index in [4.69, 9.17) is 9.72 Å². The first-order valence-electron chi connectivity index (χ1n) is 7.17. The summed E-state index contributed by atoms with van der Waals surface area (Å²) < 4.78 is 5.59. The van der Waals surface area contributed by atoms with E-state index in [-0.39, 0.29) is 11.5 Å². The average molecular weight is 284 g/mol. The Kier molecular flexibility index (Phi) is 6.43. The minimum absolute atomic E-state index is 0.0873. The number of thiazole rings is 1. The fraction of sp³-hybridized carbons (Fsp3) is 0.800. The summed E-state index contributed by atoms with van der Waals surface area (Å²) in [5.41, 5.74) is 1.30. The molecule has 19 heavy (non-hydrogen) atoms. The molecule has 0 saturated carbocycles. The maximum absolute atomic E-state index is 5.59. The molecule has 4 heteroatoms. The third kappa shape index (κ3) is 4.55. The molecule has 110 valence electrons. The quantitative estimate of drug-likeness (QED) is 0.820. The van der Waals surface area contributed by atoms with Crippen molar-refractivity contribution in [3.05, 3.63) is 15.6 Å². The molecule has 1 rings (SSSR count). The molecule has 0 bridgehead atoms. The van der Waals surface area contributed by atoms with Gasteiger partial charge in [-0.3, -0.25) is 0 Å². The van der Waals surface area contributed by atoms with Crippen LogP contribution in [-0.2, 0) is 16.7 Å². The van der Waals surface area contributed by atoms with Crippen LogP contribution in [-0.4, -0.2) is 18.6 Å². The molecule has 1 aromatic rings. The number of hydrogen-bond donors (Lipinski definition) is 1. The minimum Gasteiger partial charge on any atom is -0.374 e. The lowest BCUT2D eigenvalue weighted by atomic mass is 9.91. The summed E-state index contributed by atoms with van der Waals surface area (Å²) in [7, 11) is 1.78. The maximum Gasteiger partial charge on any atom is 0.122 e. The fourth-order valence-electron chi connectivity index (χ4n) is 2.06. The number of nitrogens with one attached hydrogen (secondary N) is 1. The van der Waals surface area contributed by atoms with Gasteiger partial charge in [-0.05, 0) is 13.0 Å². The Morgan fingerprint density at radius 2 is 2.00 bits per heavy atom. The Morgan fingerprint density at radius 3 is 2.47 bits per heavy atom. The smallest absolute Gasteiger partial charge is 0.122 e. The highest BCUT2D eigenvalue weighted by atomic mass is 32.1. The van der Waals surface area contributed by atoms with E-state index >= 15 is 0 Å². The summed E-state index contributed by atoms with van der Waals surface area (Å²) in [6.45, 7) is 12.9. The van der Waals surface area contributed by atoms with Gasteiger partial charge in [0.05, 0.1) is 5.69 Å². The minimum atomic E-state index is 0.0873. The zero-order valence-corrected chi connectivity index (χ0v) is 14.0. The fourth-order valence-corrected chi connectivity index (χ4v) is 3.41. The van der Waals surface area contributed by atoms with E-state index in [1.54, 1.807) is 18.4 Å². The van der Waals surface area contributed by atoms with Crippen LogP contribution >= 0.6 is 11.3 Å². The zero-order chi connectivity index (χ0) is 14.5. The molecule has 0 fully saturated rings. The molecule has 0 spiro atoms. The van der Waals surface area contributed by atoms with Gasteiger partial charge in [0, 0.05) is 23.9 Å². The summed E-state index contributed by atoms with van der Waals surface area (Å²) in [6.07, 6.45) is 2.30. The molecule has 0 aliphatic carbocycles. The van der Waals surface area contributed by atoms with Crippen LogP contribution in [0.1, 0.15) is 69.1 Å². The van der Waals surface area contributed by atoms with E-state index < -0.39 is 0 Å². The second-order valence-corrected chi connectivity index (χ2v) is 6.98. The van der Waals surface area contributed by atoms with Gasteiger partial charge in [-0.25, -0.2) is 4.98 Å². The number of aromatic nitrogens is 1. The average Bonchev–Trinajstić information content (AvgIpc) is 2.77. The van der Waals surface area contributed by atoms with Crippen molar-refractivity contribution in [3.8, 4) is 0 Å². The highest BCUT2D eigenvalue weighted by Gasteiger charge is 2.25. The molecule has 1 unspecified atom stereocenters. The SMILES string of the molecule is CCCC(OC)c1nc(C(C)(C)C)c(CNCC)s1. The number of ether oxygens (including phenoxy) is 1. The lowest BCUT2D eigenvalue weighted by molar-refractivity contribution is 0.0945. The molecule has 3 nitrogen and oxygen atoms in total. The number of methoxy groups -OCH3 is 1. The van der Waals surface area contributed by atoms with Crippen LogP contribution in [0.15, 0.2) is 0 Å². The van der Waals surface area contributed by atoms with E-state index in [0.29, 0.717) is 0 Å². The molecule has 0 saturated heterocycles. The Balaban J connectivity index is 3.04. The van der Waals surface area contributed by atoms with E-state index in [0.717, 1.165) is 30.9 Å². The zero-order valence-electron chi connectivity index (χ0n) is 13.2. The van der Waals surface area contributed by atoms with Crippen LogP contribution in [0.4, 0.5) is 0 Å². The standard InChI is InChI=1S/C15H28N2OS/c1-7-9-11(18-6)14-17-13(15(3,4)5)12(19-14)10-16-8-2/h11,16H,7-10H2,1-6H3. The Labute approximate surface area is 121 Å². The van der Waals surface area contributed by atoms with Crippen molar-refractivity contribution in [2.24, 2.45) is 0 Å². The van der Waals surface area contributed by atoms with Gasteiger partial charge in [-0.2, -0.15) is 0 Å². The Hall–Kier alpha value is -0.450. The van der Waals surface area contributed by atoms with Crippen LogP contribution in [0, 0.1) is 0 Å². The highest BCUT2D eigenvalue weighted by molar-refractivity contribution is 7.11. The van der Waals surface area contributed by atoms with E-state index in [2.05, 4.69) is 39.9 Å². The molecule has 1 N–H and O–H groups in total. The van der Waals surface area contributed by atoms with Crippen LogP contribution in [0.25, 0.3) is 0 Å². The monoisotopic (exact) mass is 284 g/mol. The van der Waals surface area contributed by atoms with Crippen LogP contribution in [0.5, 0.6) is 0 Å². The lowest BCUT2D eigenvalue weighted by Crippen LogP contribution is -2.18. The lowest BCUT2D eigenvalue weighted by Gasteiger charge is -2.18. The summed E-state index contributed by atoms with van der Waals surface area (Å²) >= 11 is 1.80. The first-order valence-corrected chi connectivity index (χ1v) is 7.99. The Morgan fingerprint density at radius 1 is 1.32 bits per heavy atom. The van der Waals surface area contributed by atoms with Gasteiger partial charge < -0.3 is 10.1 Å². The van der Waals surface area contributed by atoms with Gasteiger partial charge in [0.2, 0.25) is 0 Å². The van der Waals surface area contributed by atoms with Crippen LogP contribution in [0.2, 0.25) is 0 Å². The molecular weight excluding hydrogens is 256 g/mol. The van der Waals surface area contributed by atoms with E-state index in [1.165, 1.54) is 10.6 Å². The van der Waals surface area contributed by atoms with Gasteiger partial charge in [-0.15, -0.1) is 11.3 Å². The predicted molar refractivity (Wildman–Crippen MR) is 82.9 cm³/mol. The summed E-state index contributed by atoms with van der Waals surface area (Å²) in [6, 6.07) is 0. The third-order valence-electron chi connectivity index (χ3n) is 3.07. The molecule has 1 aromatic heterocycles. The molecular formula is C15H28N2OS. The molecule has 1 atom stereocenters. The number of hydrogen-bond acceptors (Lipinski definition) is 4.